The van der Waals surface area contributed by atoms with E-state index in [0.717, 1.165) is 0 Å². The smallest absolute Gasteiger partial charge is 0.144 e. The highest BCUT2D eigenvalue weighted by Crippen LogP contribution is 2.21. The maximum absolute atomic E-state index is 9.82. The molecule has 0 aromatic heterocycles. The highest BCUT2D eigenvalue weighted by molar-refractivity contribution is 5.86. The molecule has 1 aromatic rings. The van der Waals surface area contributed by atoms with E-state index in [1.807, 2.05) is 0 Å². The average Bonchev–Trinajstić information content (AvgIpc) is 2.57. The van der Waals surface area contributed by atoms with Crippen LogP contribution < -0.4 is 10.4 Å². The second-order valence-electron chi connectivity index (χ2n) is 3.22. The Labute approximate surface area is 90.9 Å². The van der Waals surface area contributed by atoms with Crippen LogP contribution in [0.15, 0.2) is 35.4 Å². The zero-order valence-corrected chi connectivity index (χ0v) is 8.10. The van der Waals surface area contributed by atoms with Gasteiger partial charge in [-0.2, -0.15) is 10.5 Å². The molecule has 0 saturated carbocycles. The summed E-state index contributed by atoms with van der Waals surface area (Å²) in [5.41, 5.74) is -0.391. The second-order valence-corrected chi connectivity index (χ2v) is 3.22. The van der Waals surface area contributed by atoms with Crippen LogP contribution >= 0.6 is 0 Å². The largest absolute Gasteiger partial charge is 0.506 e. The molecular formula is C12H6N2O2. The van der Waals surface area contributed by atoms with E-state index in [1.54, 1.807) is 36.4 Å². The van der Waals surface area contributed by atoms with Crippen LogP contribution in [0.4, 0.5) is 0 Å². The zero-order chi connectivity index (χ0) is 11.7. The predicted octanol–water partition coefficient (Wildman–Crippen LogP) is 0.376. The average molecular weight is 210 g/mol. The van der Waals surface area contributed by atoms with E-state index in [1.165, 1.54) is 0 Å². The van der Waals surface area contributed by atoms with Crippen LogP contribution in [0.25, 0.3) is 11.5 Å². The summed E-state index contributed by atoms with van der Waals surface area (Å²) in [4.78, 5) is 0. The summed E-state index contributed by atoms with van der Waals surface area (Å²) in [7, 11) is 0. The Hall–Kier alpha value is -2.72. The summed E-state index contributed by atoms with van der Waals surface area (Å²) in [5, 5.41) is 37.9. The predicted molar refractivity (Wildman–Crippen MR) is 56.0 cm³/mol. The van der Waals surface area contributed by atoms with Gasteiger partial charge in [-0.15, -0.1) is 0 Å². The molecule has 0 radical (unpaired) electrons. The summed E-state index contributed by atoms with van der Waals surface area (Å²) in [6, 6.07) is 9.91. The van der Waals surface area contributed by atoms with Gasteiger partial charge in [-0.25, -0.2) is 0 Å². The molecule has 4 heteroatoms. The normalized spacial score (nSPS) is 13.0. The summed E-state index contributed by atoms with van der Waals surface area (Å²) in [5.74, 6) is -0.461. The van der Waals surface area contributed by atoms with Crippen molar-refractivity contribution in [3.63, 3.8) is 0 Å². The van der Waals surface area contributed by atoms with Gasteiger partial charge in [0, 0.05) is 10.4 Å². The quantitative estimate of drug-likeness (QED) is 0.606. The minimum Gasteiger partial charge on any atom is -0.506 e. The fourth-order valence-corrected chi connectivity index (χ4v) is 1.65. The monoisotopic (exact) mass is 210 g/mol. The van der Waals surface area contributed by atoms with Crippen molar-refractivity contribution in [2.45, 2.75) is 0 Å². The van der Waals surface area contributed by atoms with Gasteiger partial charge < -0.3 is 10.2 Å². The molecule has 76 valence electrons. The number of aliphatic hydroxyl groups is 2. The van der Waals surface area contributed by atoms with Gasteiger partial charge in [0.1, 0.15) is 29.2 Å². The number of nitriles is 2. The first-order valence-electron chi connectivity index (χ1n) is 4.47. The molecule has 4 nitrogen and oxygen atoms in total. The Kier molecular flexibility index (Phi) is 2.12. The van der Waals surface area contributed by atoms with E-state index in [-0.39, 0.29) is 22.7 Å². The van der Waals surface area contributed by atoms with Crippen LogP contribution in [0, 0.1) is 22.7 Å². The molecule has 1 aliphatic carbocycles. The first-order chi connectivity index (χ1) is 7.70. The third-order valence-corrected chi connectivity index (χ3v) is 2.38. The van der Waals surface area contributed by atoms with Gasteiger partial charge in [0.05, 0.1) is 5.57 Å². The first-order valence-corrected chi connectivity index (χ1v) is 4.47. The minimum atomic E-state index is -0.300. The third kappa shape index (κ3) is 1.14. The van der Waals surface area contributed by atoms with Gasteiger partial charge in [0.2, 0.25) is 0 Å². The Morgan fingerprint density at radius 2 is 1.38 bits per heavy atom. The van der Waals surface area contributed by atoms with E-state index in [9.17, 15) is 10.2 Å². The molecule has 0 spiro atoms. The molecule has 0 atom stereocenters. The molecule has 0 aliphatic heterocycles. The molecule has 0 fully saturated rings. The molecule has 16 heavy (non-hydrogen) atoms. The summed E-state index contributed by atoms with van der Waals surface area (Å²) >= 11 is 0. The van der Waals surface area contributed by atoms with Crippen molar-refractivity contribution in [3.8, 4) is 12.1 Å². The van der Waals surface area contributed by atoms with Crippen molar-refractivity contribution < 1.29 is 10.2 Å². The van der Waals surface area contributed by atoms with E-state index < -0.39 is 0 Å². The van der Waals surface area contributed by atoms with Gasteiger partial charge in [-0.3, -0.25) is 0 Å². The molecule has 0 bridgehead atoms. The number of allylic oxidation sites excluding steroid dienone is 1. The zero-order valence-electron chi connectivity index (χ0n) is 8.10. The van der Waals surface area contributed by atoms with Crippen molar-refractivity contribution in [1.29, 1.82) is 10.5 Å². The number of hydrogen-bond acceptors (Lipinski definition) is 4. The topological polar surface area (TPSA) is 88.0 Å². The fourth-order valence-electron chi connectivity index (χ4n) is 1.65. The van der Waals surface area contributed by atoms with E-state index >= 15 is 0 Å². The Morgan fingerprint density at radius 1 is 0.938 bits per heavy atom. The fraction of sp³-hybridized carbons (Fsp3) is 0. The second kappa shape index (κ2) is 3.45. The number of rotatable bonds is 0. The van der Waals surface area contributed by atoms with E-state index in [0.29, 0.717) is 10.4 Å². The van der Waals surface area contributed by atoms with Crippen molar-refractivity contribution in [2.24, 2.45) is 0 Å². The number of fused-ring (bicyclic) bond motifs is 1. The van der Waals surface area contributed by atoms with Crippen LogP contribution in [-0.4, -0.2) is 10.2 Å². The van der Waals surface area contributed by atoms with E-state index in [2.05, 4.69) is 0 Å². The Morgan fingerprint density at radius 3 is 1.75 bits per heavy atom. The highest BCUT2D eigenvalue weighted by atomic mass is 16.3. The number of aliphatic hydroxyl groups excluding tert-OH is 2. The SMILES string of the molecule is N#CC(C#N)=C1C(O)=c2ccccc2=C1O. The van der Waals surface area contributed by atoms with E-state index in [4.69, 9.17) is 10.5 Å². The van der Waals surface area contributed by atoms with Crippen LogP contribution in [0.3, 0.4) is 0 Å². The maximum Gasteiger partial charge on any atom is 0.144 e. The molecular weight excluding hydrogens is 204 g/mol. The number of benzene rings is 1. The van der Waals surface area contributed by atoms with Gasteiger partial charge in [-0.05, 0) is 0 Å². The number of nitrogens with zero attached hydrogens (tertiary/aromatic N) is 2. The third-order valence-electron chi connectivity index (χ3n) is 2.38. The Bertz CT molecular complexity index is 641. The van der Waals surface area contributed by atoms with Gasteiger partial charge in [0.15, 0.2) is 0 Å². The van der Waals surface area contributed by atoms with Gasteiger partial charge in [-0.1, -0.05) is 24.3 Å². The standard InChI is InChI=1S/C12H6N2O2/c13-5-7(6-14)10-11(15)8-3-1-2-4-9(8)12(10)16/h1-4,15-16H. The van der Waals surface area contributed by atoms with Crippen molar-refractivity contribution in [2.75, 3.05) is 0 Å². The molecule has 0 saturated heterocycles. The number of hydrogen-bond donors (Lipinski definition) is 2. The molecule has 0 heterocycles. The molecule has 1 aliphatic rings. The van der Waals surface area contributed by atoms with Gasteiger partial charge in [0.25, 0.3) is 0 Å². The van der Waals surface area contributed by atoms with Crippen LogP contribution in [-0.2, 0) is 0 Å². The minimum absolute atomic E-state index is 0.0915. The lowest BCUT2D eigenvalue weighted by Gasteiger charge is -1.98. The lowest BCUT2D eigenvalue weighted by molar-refractivity contribution is 0.486. The molecule has 1 aromatic carbocycles. The molecule has 2 N–H and O–H groups in total. The molecule has 0 unspecified atom stereocenters. The van der Waals surface area contributed by atoms with Gasteiger partial charge >= 0.3 is 0 Å². The lowest BCUT2D eigenvalue weighted by Crippen LogP contribution is -2.23. The summed E-state index contributed by atoms with van der Waals surface area (Å²) in [6.07, 6.45) is 0. The first kappa shape index (κ1) is 9.82. The molecule has 0 amide bonds. The van der Waals surface area contributed by atoms with Crippen molar-refractivity contribution >= 4 is 11.5 Å². The summed E-state index contributed by atoms with van der Waals surface area (Å²) < 4.78 is 0. The molecule has 2 rings (SSSR count). The lowest BCUT2D eigenvalue weighted by atomic mass is 10.1. The van der Waals surface area contributed by atoms with Crippen molar-refractivity contribution in [3.05, 3.63) is 45.8 Å². The highest BCUT2D eigenvalue weighted by Gasteiger charge is 2.22. The van der Waals surface area contributed by atoms with Crippen LogP contribution in [0.1, 0.15) is 0 Å². The Balaban J connectivity index is 2.98. The summed E-state index contributed by atoms with van der Waals surface area (Å²) in [6.45, 7) is 0. The van der Waals surface area contributed by atoms with Crippen LogP contribution in [0.5, 0.6) is 0 Å². The van der Waals surface area contributed by atoms with Crippen molar-refractivity contribution in [1.82, 2.24) is 0 Å². The van der Waals surface area contributed by atoms with Crippen LogP contribution in [0.2, 0.25) is 0 Å². The maximum atomic E-state index is 9.82.